The monoisotopic (exact) mass is 270 g/mol. The number of carbonyl (C=O) groups is 2. The lowest BCUT2D eigenvalue weighted by atomic mass is 10.3. The van der Waals surface area contributed by atoms with Crippen LogP contribution in [0.2, 0.25) is 0 Å². The van der Waals surface area contributed by atoms with Gasteiger partial charge in [0, 0.05) is 11.5 Å². The van der Waals surface area contributed by atoms with Crippen molar-refractivity contribution in [2.45, 2.75) is 12.1 Å². The van der Waals surface area contributed by atoms with Gasteiger partial charge in [-0.25, -0.2) is 11.0 Å². The molecule has 2 atom stereocenters. The Labute approximate surface area is 99.8 Å². The predicted octanol–water partition coefficient (Wildman–Crippen LogP) is -1.97. The zero-order valence-electron chi connectivity index (χ0n) is 8.25. The molecule has 8 N–H and O–H groups in total. The van der Waals surface area contributed by atoms with Crippen molar-refractivity contribution in [3.63, 3.8) is 0 Å². The van der Waals surface area contributed by atoms with E-state index in [0.29, 0.717) is 0 Å². The largest absolute Gasteiger partial charge is 0.319 e. The van der Waals surface area contributed by atoms with E-state index in [1.807, 2.05) is 0 Å². The molecule has 16 heavy (non-hydrogen) atoms. The lowest BCUT2D eigenvalue weighted by Crippen LogP contribution is -2.41. The molecular formula is C6H14N4O4S2. The maximum Gasteiger partial charge on any atom is 0.261 e. The van der Waals surface area contributed by atoms with Crippen LogP contribution in [0, 0.1) is 0 Å². The van der Waals surface area contributed by atoms with E-state index in [2.05, 4.69) is 0 Å². The first-order valence-corrected chi connectivity index (χ1v) is 6.65. The summed E-state index contributed by atoms with van der Waals surface area (Å²) in [6, 6.07) is -1.66. The van der Waals surface area contributed by atoms with E-state index in [1.54, 1.807) is 0 Å². The second-order valence-electron chi connectivity index (χ2n) is 2.73. The minimum Gasteiger partial charge on any atom is -0.319 e. The number of nitrogens with two attached hydrogens (primary N) is 2. The molecule has 0 aromatic heterocycles. The summed E-state index contributed by atoms with van der Waals surface area (Å²) < 4.78 is 0. The van der Waals surface area contributed by atoms with Gasteiger partial charge in [-0.2, -0.15) is 0 Å². The van der Waals surface area contributed by atoms with Gasteiger partial charge in [-0.15, -0.1) is 0 Å². The molecule has 0 spiro atoms. The van der Waals surface area contributed by atoms with Crippen molar-refractivity contribution in [2.24, 2.45) is 11.5 Å². The highest BCUT2D eigenvalue weighted by Crippen LogP contribution is 2.22. The summed E-state index contributed by atoms with van der Waals surface area (Å²) in [6.07, 6.45) is 0. The molecule has 0 rings (SSSR count). The molecule has 0 radical (unpaired) electrons. The van der Waals surface area contributed by atoms with E-state index < -0.39 is 23.9 Å². The lowest BCUT2D eigenvalue weighted by molar-refractivity contribution is -0.130. The molecule has 0 aromatic rings. The van der Waals surface area contributed by atoms with E-state index >= 15 is 0 Å². The van der Waals surface area contributed by atoms with Crippen molar-refractivity contribution < 1.29 is 20.0 Å². The molecule has 8 nitrogen and oxygen atoms in total. The van der Waals surface area contributed by atoms with Gasteiger partial charge in [-0.1, -0.05) is 21.6 Å². The number of nitrogens with one attached hydrogen (secondary N) is 2. The molecule has 0 aliphatic rings. The topological polar surface area (TPSA) is 151 Å². The SMILES string of the molecule is NC(CSSC[C@H](N)C(=O)NO)C(=O)NO. The van der Waals surface area contributed by atoms with Gasteiger partial charge < -0.3 is 11.5 Å². The van der Waals surface area contributed by atoms with Crippen molar-refractivity contribution in [2.75, 3.05) is 11.5 Å². The average molecular weight is 270 g/mol. The van der Waals surface area contributed by atoms with Crippen molar-refractivity contribution in [3.8, 4) is 0 Å². The van der Waals surface area contributed by atoms with E-state index in [-0.39, 0.29) is 11.5 Å². The Morgan fingerprint density at radius 3 is 1.56 bits per heavy atom. The summed E-state index contributed by atoms with van der Waals surface area (Å²) >= 11 is 0. The number of rotatable bonds is 7. The van der Waals surface area contributed by atoms with E-state index in [1.165, 1.54) is 32.5 Å². The highest BCUT2D eigenvalue weighted by atomic mass is 33.1. The molecule has 2 amide bonds. The van der Waals surface area contributed by atoms with Gasteiger partial charge in [0.1, 0.15) is 0 Å². The number of hydroxylamine groups is 2. The summed E-state index contributed by atoms with van der Waals surface area (Å²) in [4.78, 5) is 21.5. The van der Waals surface area contributed by atoms with Crippen LogP contribution < -0.4 is 22.4 Å². The number of hydrogen-bond donors (Lipinski definition) is 6. The van der Waals surface area contributed by atoms with Crippen LogP contribution in [0.15, 0.2) is 0 Å². The third-order valence-electron chi connectivity index (χ3n) is 1.47. The Kier molecular flexibility index (Phi) is 8.33. The molecule has 0 heterocycles. The molecule has 1 unspecified atom stereocenters. The van der Waals surface area contributed by atoms with Crippen LogP contribution in [0.25, 0.3) is 0 Å². The fraction of sp³-hybridized carbons (Fsp3) is 0.667. The molecule has 0 fully saturated rings. The zero-order valence-corrected chi connectivity index (χ0v) is 9.88. The Bertz CT molecular complexity index is 219. The van der Waals surface area contributed by atoms with Gasteiger partial charge in [-0.05, 0) is 0 Å². The molecule has 0 bridgehead atoms. The summed E-state index contributed by atoms with van der Waals surface area (Å²) in [7, 11) is 2.48. The van der Waals surface area contributed by atoms with Gasteiger partial charge in [0.15, 0.2) is 0 Å². The van der Waals surface area contributed by atoms with E-state index in [9.17, 15) is 9.59 Å². The molecule has 0 saturated carbocycles. The first-order chi connectivity index (χ1) is 7.52. The predicted molar refractivity (Wildman–Crippen MR) is 60.7 cm³/mol. The van der Waals surface area contributed by atoms with Crippen LogP contribution in [0.5, 0.6) is 0 Å². The van der Waals surface area contributed by atoms with Crippen molar-refractivity contribution in [1.82, 2.24) is 11.0 Å². The third kappa shape index (κ3) is 6.15. The van der Waals surface area contributed by atoms with Crippen molar-refractivity contribution >= 4 is 33.4 Å². The fourth-order valence-electron chi connectivity index (χ4n) is 0.560. The fourth-order valence-corrected chi connectivity index (χ4v) is 2.81. The van der Waals surface area contributed by atoms with Crippen LogP contribution in [-0.4, -0.2) is 45.8 Å². The number of hydrogen-bond acceptors (Lipinski definition) is 8. The van der Waals surface area contributed by atoms with E-state index in [4.69, 9.17) is 21.9 Å². The molecular weight excluding hydrogens is 256 g/mol. The summed E-state index contributed by atoms with van der Waals surface area (Å²) in [5.41, 5.74) is 13.6. The first-order valence-electron chi connectivity index (χ1n) is 4.16. The second kappa shape index (κ2) is 8.61. The average Bonchev–Trinajstić information content (AvgIpc) is 2.31. The van der Waals surface area contributed by atoms with Gasteiger partial charge in [0.05, 0.1) is 12.1 Å². The minimum absolute atomic E-state index is 0.268. The Morgan fingerprint density at radius 1 is 1.00 bits per heavy atom. The van der Waals surface area contributed by atoms with Crippen LogP contribution >= 0.6 is 21.6 Å². The quantitative estimate of drug-likeness (QED) is 0.135. The van der Waals surface area contributed by atoms with Gasteiger partial charge >= 0.3 is 0 Å². The zero-order chi connectivity index (χ0) is 12.6. The Balaban J connectivity index is 3.60. The molecule has 0 aliphatic heterocycles. The number of amides is 2. The number of carbonyl (C=O) groups excluding carboxylic acids is 2. The molecule has 10 heteroatoms. The lowest BCUT2D eigenvalue weighted by Gasteiger charge is -2.10. The third-order valence-corrected chi connectivity index (χ3v) is 3.95. The van der Waals surface area contributed by atoms with Crippen LogP contribution in [0.4, 0.5) is 0 Å². The maximum atomic E-state index is 10.8. The van der Waals surface area contributed by atoms with Crippen LogP contribution in [0.3, 0.4) is 0 Å². The first kappa shape index (κ1) is 15.5. The van der Waals surface area contributed by atoms with E-state index in [0.717, 1.165) is 0 Å². The molecule has 0 aromatic carbocycles. The van der Waals surface area contributed by atoms with Gasteiger partial charge in [-0.3, -0.25) is 20.0 Å². The summed E-state index contributed by atoms with van der Waals surface area (Å²) in [6.45, 7) is 0. The standard InChI is InChI=1S/C6H14N4O4S2/c7-3(5(11)9-13)1-15-16-2-4(8)6(12)10-14/h3-4,13-14H,1-2,7-8H2,(H,9,11)(H,10,12)/t3-,4?/m0/s1. The maximum absolute atomic E-state index is 10.8. The Hall–Kier alpha value is -0.520. The minimum atomic E-state index is -0.828. The molecule has 94 valence electrons. The highest BCUT2D eigenvalue weighted by Gasteiger charge is 2.15. The van der Waals surface area contributed by atoms with Crippen molar-refractivity contribution in [1.29, 1.82) is 0 Å². The molecule has 0 aliphatic carbocycles. The second-order valence-corrected chi connectivity index (χ2v) is 5.29. The van der Waals surface area contributed by atoms with Crippen LogP contribution in [-0.2, 0) is 9.59 Å². The van der Waals surface area contributed by atoms with Gasteiger partial charge in [0.25, 0.3) is 11.8 Å². The van der Waals surface area contributed by atoms with Crippen LogP contribution in [0.1, 0.15) is 0 Å². The molecule has 0 saturated heterocycles. The highest BCUT2D eigenvalue weighted by molar-refractivity contribution is 8.76. The summed E-state index contributed by atoms with van der Waals surface area (Å²) in [5.74, 6) is -0.814. The summed E-state index contributed by atoms with van der Waals surface area (Å²) in [5, 5.41) is 16.5. The Morgan fingerprint density at radius 2 is 1.31 bits per heavy atom. The van der Waals surface area contributed by atoms with Crippen molar-refractivity contribution in [3.05, 3.63) is 0 Å². The normalized spacial score (nSPS) is 14.0. The van der Waals surface area contributed by atoms with Gasteiger partial charge in [0.2, 0.25) is 0 Å². The smallest absolute Gasteiger partial charge is 0.261 e.